The Labute approximate surface area is 130 Å². The lowest BCUT2D eigenvalue weighted by Gasteiger charge is -2.35. The molecule has 20 heavy (non-hydrogen) atoms. The van der Waals surface area contributed by atoms with Gasteiger partial charge in [0, 0.05) is 35.0 Å². The zero-order chi connectivity index (χ0) is 14.6. The van der Waals surface area contributed by atoms with Crippen molar-refractivity contribution in [2.75, 3.05) is 25.2 Å². The monoisotopic (exact) mass is 363 g/mol. The van der Waals surface area contributed by atoms with E-state index in [1.807, 2.05) is 0 Å². The molecular formula is C13H15BrClNO4. The Morgan fingerprint density at radius 2 is 2.15 bits per heavy atom. The van der Waals surface area contributed by atoms with Crippen molar-refractivity contribution in [2.24, 2.45) is 5.41 Å². The predicted molar refractivity (Wildman–Crippen MR) is 79.9 cm³/mol. The normalized spacial score (nSPS) is 17.7. The zero-order valence-corrected chi connectivity index (χ0v) is 13.2. The molecule has 2 rings (SSSR count). The largest absolute Gasteiger partial charge is 0.486 e. The molecule has 1 saturated heterocycles. The van der Waals surface area contributed by atoms with Gasteiger partial charge in [-0.15, -0.1) is 0 Å². The highest BCUT2D eigenvalue weighted by atomic mass is 79.9. The zero-order valence-electron chi connectivity index (χ0n) is 10.8. The van der Waals surface area contributed by atoms with E-state index < -0.39 is 4.92 Å². The Morgan fingerprint density at radius 3 is 2.75 bits per heavy atom. The van der Waals surface area contributed by atoms with Crippen LogP contribution in [0.3, 0.4) is 0 Å². The highest BCUT2D eigenvalue weighted by molar-refractivity contribution is 9.09. The fourth-order valence-corrected chi connectivity index (χ4v) is 3.00. The molecule has 0 N–H and O–H groups in total. The van der Waals surface area contributed by atoms with Gasteiger partial charge in [-0.05, 0) is 25.0 Å². The molecule has 5 nitrogen and oxygen atoms in total. The first-order chi connectivity index (χ1) is 9.56. The second-order valence-electron chi connectivity index (χ2n) is 4.90. The van der Waals surface area contributed by atoms with E-state index in [4.69, 9.17) is 21.1 Å². The van der Waals surface area contributed by atoms with Gasteiger partial charge < -0.3 is 9.47 Å². The number of nitro groups is 1. The number of hydrogen-bond donors (Lipinski definition) is 0. The molecule has 0 amide bonds. The Balaban J connectivity index is 2.11. The van der Waals surface area contributed by atoms with E-state index in [9.17, 15) is 10.1 Å². The van der Waals surface area contributed by atoms with E-state index in [-0.39, 0.29) is 16.9 Å². The van der Waals surface area contributed by atoms with Crippen LogP contribution >= 0.6 is 27.5 Å². The van der Waals surface area contributed by atoms with Gasteiger partial charge in [0.05, 0.1) is 11.5 Å². The molecule has 0 aliphatic carbocycles. The topological polar surface area (TPSA) is 61.6 Å². The van der Waals surface area contributed by atoms with Gasteiger partial charge in [-0.1, -0.05) is 27.5 Å². The summed E-state index contributed by atoms with van der Waals surface area (Å²) in [6.45, 7) is 1.80. The van der Waals surface area contributed by atoms with Gasteiger partial charge in [-0.25, -0.2) is 0 Å². The van der Waals surface area contributed by atoms with Gasteiger partial charge in [0.15, 0.2) is 5.75 Å². The summed E-state index contributed by atoms with van der Waals surface area (Å²) in [5.41, 5.74) is -0.138. The summed E-state index contributed by atoms with van der Waals surface area (Å²) in [4.78, 5) is 10.5. The molecule has 0 saturated carbocycles. The molecule has 1 heterocycles. The van der Waals surface area contributed by atoms with Gasteiger partial charge in [0.1, 0.15) is 0 Å². The van der Waals surface area contributed by atoms with Gasteiger partial charge in [0.25, 0.3) is 0 Å². The Kier molecular flexibility index (Phi) is 5.23. The standard InChI is InChI=1S/C13H15BrClNO4/c14-8-13(3-5-19-6-4-13)9-20-12-2-1-10(15)7-11(12)16(17)18/h1-2,7H,3-6,8-9H2. The van der Waals surface area contributed by atoms with E-state index in [1.165, 1.54) is 6.07 Å². The summed E-state index contributed by atoms with van der Waals surface area (Å²) in [5.74, 6) is 0.256. The summed E-state index contributed by atoms with van der Waals surface area (Å²) >= 11 is 9.29. The summed E-state index contributed by atoms with van der Waals surface area (Å²) in [6.07, 6.45) is 1.75. The smallest absolute Gasteiger partial charge is 0.312 e. The fourth-order valence-electron chi connectivity index (χ4n) is 2.11. The molecule has 1 aliphatic rings. The van der Waals surface area contributed by atoms with Crippen LogP contribution < -0.4 is 4.74 Å². The van der Waals surface area contributed by atoms with E-state index in [0.717, 1.165) is 18.2 Å². The van der Waals surface area contributed by atoms with Crippen molar-refractivity contribution < 1.29 is 14.4 Å². The molecular weight excluding hydrogens is 350 g/mol. The quantitative estimate of drug-likeness (QED) is 0.453. The number of rotatable bonds is 5. The third-order valence-electron chi connectivity index (χ3n) is 3.49. The molecule has 0 radical (unpaired) electrons. The van der Waals surface area contributed by atoms with Crippen LogP contribution in [0.2, 0.25) is 5.02 Å². The first kappa shape index (κ1) is 15.5. The molecule has 0 unspecified atom stereocenters. The first-order valence-electron chi connectivity index (χ1n) is 6.27. The molecule has 1 aromatic carbocycles. The molecule has 1 fully saturated rings. The molecule has 1 aliphatic heterocycles. The third kappa shape index (κ3) is 3.62. The predicted octanol–water partition coefficient (Wildman–Crippen LogP) is 3.82. The van der Waals surface area contributed by atoms with E-state index in [0.29, 0.717) is 24.8 Å². The molecule has 0 spiro atoms. The van der Waals surface area contributed by atoms with Crippen LogP contribution in [0.25, 0.3) is 0 Å². The average molecular weight is 365 g/mol. The lowest BCUT2D eigenvalue weighted by Crippen LogP contribution is -2.36. The van der Waals surface area contributed by atoms with Crippen molar-refractivity contribution in [1.29, 1.82) is 0 Å². The van der Waals surface area contributed by atoms with Crippen LogP contribution in [0.4, 0.5) is 5.69 Å². The number of nitrogens with zero attached hydrogens (tertiary/aromatic N) is 1. The van der Waals surface area contributed by atoms with Gasteiger partial charge >= 0.3 is 5.69 Å². The maximum absolute atomic E-state index is 11.0. The van der Waals surface area contributed by atoms with Crippen LogP contribution in [0.15, 0.2) is 18.2 Å². The molecule has 0 atom stereocenters. The Morgan fingerprint density at radius 1 is 1.45 bits per heavy atom. The van der Waals surface area contributed by atoms with E-state index in [1.54, 1.807) is 12.1 Å². The number of halogens is 2. The molecule has 7 heteroatoms. The Hall–Kier alpha value is -0.850. The lowest BCUT2D eigenvalue weighted by atomic mass is 9.83. The lowest BCUT2D eigenvalue weighted by molar-refractivity contribution is -0.386. The van der Waals surface area contributed by atoms with Crippen molar-refractivity contribution in [3.8, 4) is 5.75 Å². The van der Waals surface area contributed by atoms with E-state index >= 15 is 0 Å². The second-order valence-corrected chi connectivity index (χ2v) is 5.90. The Bertz CT molecular complexity index is 491. The minimum absolute atomic E-state index is 0.0360. The first-order valence-corrected chi connectivity index (χ1v) is 7.77. The minimum atomic E-state index is -0.480. The summed E-state index contributed by atoms with van der Waals surface area (Å²) in [6, 6.07) is 4.44. The van der Waals surface area contributed by atoms with Gasteiger partial charge in [-0.2, -0.15) is 0 Å². The summed E-state index contributed by atoms with van der Waals surface area (Å²) in [7, 11) is 0. The molecule has 1 aromatic rings. The SMILES string of the molecule is O=[N+]([O-])c1cc(Cl)ccc1OCC1(CBr)CCOCC1. The van der Waals surface area contributed by atoms with Crippen LogP contribution in [0, 0.1) is 15.5 Å². The number of benzene rings is 1. The molecule has 0 aromatic heterocycles. The number of nitro benzene ring substituents is 1. The van der Waals surface area contributed by atoms with Crippen LogP contribution in [0.5, 0.6) is 5.75 Å². The third-order valence-corrected chi connectivity index (χ3v) is 4.91. The highest BCUT2D eigenvalue weighted by Crippen LogP contribution is 2.36. The van der Waals surface area contributed by atoms with Crippen LogP contribution in [-0.2, 0) is 4.74 Å². The van der Waals surface area contributed by atoms with Crippen molar-refractivity contribution >= 4 is 33.2 Å². The molecule has 0 bridgehead atoms. The average Bonchev–Trinajstić information content (AvgIpc) is 2.47. The van der Waals surface area contributed by atoms with Crippen molar-refractivity contribution in [2.45, 2.75) is 12.8 Å². The van der Waals surface area contributed by atoms with Gasteiger partial charge in [-0.3, -0.25) is 10.1 Å². The number of ether oxygens (including phenoxy) is 2. The van der Waals surface area contributed by atoms with Gasteiger partial charge in [0.2, 0.25) is 0 Å². The second kappa shape index (κ2) is 6.74. The van der Waals surface area contributed by atoms with Crippen molar-refractivity contribution in [3.05, 3.63) is 33.3 Å². The number of alkyl halides is 1. The highest BCUT2D eigenvalue weighted by Gasteiger charge is 2.33. The summed E-state index contributed by atoms with van der Waals surface area (Å²) < 4.78 is 11.1. The van der Waals surface area contributed by atoms with E-state index in [2.05, 4.69) is 15.9 Å². The molecule has 110 valence electrons. The summed E-state index contributed by atoms with van der Waals surface area (Å²) in [5, 5.41) is 12.1. The minimum Gasteiger partial charge on any atom is -0.486 e. The van der Waals surface area contributed by atoms with Crippen LogP contribution in [-0.4, -0.2) is 30.1 Å². The van der Waals surface area contributed by atoms with Crippen molar-refractivity contribution in [1.82, 2.24) is 0 Å². The number of hydrogen-bond acceptors (Lipinski definition) is 4. The fraction of sp³-hybridized carbons (Fsp3) is 0.538. The van der Waals surface area contributed by atoms with Crippen LogP contribution in [0.1, 0.15) is 12.8 Å². The maximum Gasteiger partial charge on any atom is 0.312 e. The maximum atomic E-state index is 11.0. The van der Waals surface area contributed by atoms with Crippen molar-refractivity contribution in [3.63, 3.8) is 0 Å².